The van der Waals surface area contributed by atoms with Gasteiger partial charge < -0.3 is 5.32 Å². The molecule has 106 valence electrons. The molecule has 2 saturated heterocycles. The fourth-order valence-electron chi connectivity index (χ4n) is 3.12. The second kappa shape index (κ2) is 5.63. The molecule has 0 aromatic heterocycles. The first-order chi connectivity index (χ1) is 8.18. The first-order valence-electron chi connectivity index (χ1n) is 6.66. The largest absolute Gasteiger partial charge is 0.316 e. The number of rotatable bonds is 3. The lowest BCUT2D eigenvalue weighted by Crippen LogP contribution is -2.44. The van der Waals surface area contributed by atoms with E-state index in [0.29, 0.717) is 24.9 Å². The Kier molecular flexibility index (Phi) is 4.54. The molecule has 0 amide bonds. The zero-order valence-electron chi connectivity index (χ0n) is 10.5. The molecular weight excluding hydrogens is 274 g/mol. The fourth-order valence-corrected chi connectivity index (χ4v) is 4.70. The molecule has 0 bridgehead atoms. The highest BCUT2D eigenvalue weighted by Crippen LogP contribution is 2.42. The van der Waals surface area contributed by atoms with Crippen LogP contribution in [0.5, 0.6) is 0 Å². The summed E-state index contributed by atoms with van der Waals surface area (Å²) in [6.45, 7) is 3.32. The van der Waals surface area contributed by atoms with Crippen LogP contribution in [0, 0.1) is 11.8 Å². The van der Waals surface area contributed by atoms with Crippen molar-refractivity contribution in [2.45, 2.75) is 31.7 Å². The molecule has 7 heteroatoms. The Hall–Kier alpha value is 0.120. The third-order valence-electron chi connectivity index (χ3n) is 4.28. The molecule has 18 heavy (non-hydrogen) atoms. The van der Waals surface area contributed by atoms with Crippen LogP contribution < -0.4 is 10.0 Å². The van der Waals surface area contributed by atoms with Crippen molar-refractivity contribution in [3.63, 3.8) is 0 Å². The molecule has 0 aromatic carbocycles. The van der Waals surface area contributed by atoms with E-state index in [9.17, 15) is 8.42 Å². The maximum atomic E-state index is 12.2. The first kappa shape index (κ1) is 14.5. The van der Waals surface area contributed by atoms with E-state index in [4.69, 9.17) is 0 Å². The molecule has 0 aromatic rings. The van der Waals surface area contributed by atoms with Gasteiger partial charge in [0.25, 0.3) is 10.2 Å². The number of hydrogen-bond acceptors (Lipinski definition) is 3. The third-order valence-corrected chi connectivity index (χ3v) is 5.90. The van der Waals surface area contributed by atoms with Crippen molar-refractivity contribution in [3.8, 4) is 0 Å². The van der Waals surface area contributed by atoms with Crippen molar-refractivity contribution < 1.29 is 8.42 Å². The average molecular weight is 296 g/mol. The molecule has 3 aliphatic rings. The van der Waals surface area contributed by atoms with Crippen LogP contribution in [-0.2, 0) is 10.2 Å². The predicted octanol–water partition coefficient (Wildman–Crippen LogP) is 0.336. The Morgan fingerprint density at radius 2 is 1.56 bits per heavy atom. The Labute approximate surface area is 115 Å². The lowest BCUT2D eigenvalue weighted by atomic mass is 10.2. The minimum absolute atomic E-state index is 0. The summed E-state index contributed by atoms with van der Waals surface area (Å²) in [5.41, 5.74) is 0. The molecule has 2 atom stereocenters. The van der Waals surface area contributed by atoms with Crippen LogP contribution in [-0.4, -0.2) is 44.9 Å². The topological polar surface area (TPSA) is 61.4 Å². The smallest absolute Gasteiger partial charge is 0.279 e. The van der Waals surface area contributed by atoms with Gasteiger partial charge in [0.1, 0.15) is 0 Å². The Morgan fingerprint density at radius 3 is 2.11 bits per heavy atom. The van der Waals surface area contributed by atoms with Crippen LogP contribution in [0.15, 0.2) is 0 Å². The number of nitrogens with one attached hydrogen (secondary N) is 2. The summed E-state index contributed by atoms with van der Waals surface area (Å²) in [6.07, 6.45) is 4.31. The molecule has 2 N–H and O–H groups in total. The quantitative estimate of drug-likeness (QED) is 0.789. The molecule has 2 aliphatic heterocycles. The Bertz CT molecular complexity index is 372. The van der Waals surface area contributed by atoms with Crippen LogP contribution in [0.2, 0.25) is 0 Å². The summed E-state index contributed by atoms with van der Waals surface area (Å²) < 4.78 is 29.0. The molecule has 1 aliphatic carbocycles. The lowest BCUT2D eigenvalue weighted by Gasteiger charge is -2.21. The summed E-state index contributed by atoms with van der Waals surface area (Å²) >= 11 is 0. The molecule has 3 fully saturated rings. The van der Waals surface area contributed by atoms with Gasteiger partial charge in [-0.3, -0.25) is 0 Å². The highest BCUT2D eigenvalue weighted by atomic mass is 35.5. The van der Waals surface area contributed by atoms with Gasteiger partial charge in [-0.25, -0.2) is 0 Å². The van der Waals surface area contributed by atoms with E-state index < -0.39 is 10.2 Å². The molecule has 1 saturated carbocycles. The van der Waals surface area contributed by atoms with Gasteiger partial charge in [-0.2, -0.15) is 17.4 Å². The molecule has 0 radical (unpaired) electrons. The van der Waals surface area contributed by atoms with Gasteiger partial charge in [0.2, 0.25) is 0 Å². The highest BCUT2D eigenvalue weighted by Gasteiger charge is 2.54. The van der Waals surface area contributed by atoms with Crippen molar-refractivity contribution in [3.05, 3.63) is 0 Å². The van der Waals surface area contributed by atoms with Crippen LogP contribution in [0.25, 0.3) is 0 Å². The van der Waals surface area contributed by atoms with Gasteiger partial charge in [0.15, 0.2) is 0 Å². The fraction of sp³-hybridized carbons (Fsp3) is 1.00. The van der Waals surface area contributed by atoms with E-state index in [1.54, 1.807) is 4.31 Å². The second-order valence-electron chi connectivity index (χ2n) is 5.45. The number of nitrogens with zero attached hydrogens (tertiary/aromatic N) is 1. The Balaban J connectivity index is 0.00000120. The number of fused-ring (bicyclic) bond motifs is 1. The summed E-state index contributed by atoms with van der Waals surface area (Å²) in [4.78, 5) is 0. The first-order valence-corrected chi connectivity index (χ1v) is 8.10. The average Bonchev–Trinajstić information content (AvgIpc) is 2.81. The van der Waals surface area contributed by atoms with E-state index >= 15 is 0 Å². The summed E-state index contributed by atoms with van der Waals surface area (Å²) in [5.74, 6) is 1.08. The van der Waals surface area contributed by atoms with E-state index in [0.717, 1.165) is 38.8 Å². The Morgan fingerprint density at radius 1 is 1.00 bits per heavy atom. The van der Waals surface area contributed by atoms with Crippen molar-refractivity contribution in [2.75, 3.05) is 26.2 Å². The second-order valence-corrected chi connectivity index (χ2v) is 7.15. The zero-order chi connectivity index (χ0) is 11.9. The molecule has 2 heterocycles. The maximum Gasteiger partial charge on any atom is 0.279 e. The monoisotopic (exact) mass is 295 g/mol. The molecule has 2 unspecified atom stereocenters. The minimum atomic E-state index is -3.23. The SMILES string of the molecule is Cl.O=S(=O)(NC1C2CNCC21)N1CCCCCC1. The number of piperidine rings is 1. The molecule has 0 spiro atoms. The van der Waals surface area contributed by atoms with E-state index in [1.807, 2.05) is 0 Å². The van der Waals surface area contributed by atoms with Gasteiger partial charge >= 0.3 is 0 Å². The summed E-state index contributed by atoms with van der Waals surface area (Å²) in [6, 6.07) is 0.199. The van der Waals surface area contributed by atoms with E-state index in [2.05, 4.69) is 10.0 Å². The standard InChI is InChI=1S/C11H21N3O2S.ClH/c15-17(16,14-5-3-1-2-4-6-14)13-11-9-7-12-8-10(9)11;/h9-13H,1-8H2;1H. The summed E-state index contributed by atoms with van der Waals surface area (Å²) in [7, 11) is -3.23. The third kappa shape index (κ3) is 2.82. The number of hydrogen-bond donors (Lipinski definition) is 2. The molecular formula is C11H22ClN3O2S. The van der Waals surface area contributed by atoms with Crippen molar-refractivity contribution in [2.24, 2.45) is 11.8 Å². The van der Waals surface area contributed by atoms with Gasteiger partial charge in [0.05, 0.1) is 0 Å². The van der Waals surface area contributed by atoms with Crippen molar-refractivity contribution in [1.82, 2.24) is 14.3 Å². The predicted molar refractivity (Wildman–Crippen MR) is 73.0 cm³/mol. The van der Waals surface area contributed by atoms with Gasteiger partial charge in [-0.05, 0) is 37.8 Å². The maximum absolute atomic E-state index is 12.2. The zero-order valence-corrected chi connectivity index (χ0v) is 12.1. The van der Waals surface area contributed by atoms with Gasteiger partial charge in [-0.15, -0.1) is 12.4 Å². The van der Waals surface area contributed by atoms with E-state index in [1.165, 1.54) is 0 Å². The van der Waals surface area contributed by atoms with Crippen molar-refractivity contribution >= 4 is 22.6 Å². The van der Waals surface area contributed by atoms with Gasteiger partial charge in [0, 0.05) is 19.1 Å². The number of halogens is 1. The van der Waals surface area contributed by atoms with Crippen LogP contribution >= 0.6 is 12.4 Å². The van der Waals surface area contributed by atoms with E-state index in [-0.39, 0.29) is 18.4 Å². The highest BCUT2D eigenvalue weighted by molar-refractivity contribution is 7.87. The molecule has 5 nitrogen and oxygen atoms in total. The van der Waals surface area contributed by atoms with Crippen molar-refractivity contribution in [1.29, 1.82) is 0 Å². The van der Waals surface area contributed by atoms with Crippen LogP contribution in [0.4, 0.5) is 0 Å². The minimum Gasteiger partial charge on any atom is -0.316 e. The van der Waals surface area contributed by atoms with Crippen LogP contribution in [0.3, 0.4) is 0 Å². The molecule has 3 rings (SSSR count). The van der Waals surface area contributed by atoms with Crippen LogP contribution in [0.1, 0.15) is 25.7 Å². The normalized spacial score (nSPS) is 36.6. The summed E-state index contributed by atoms with van der Waals surface area (Å²) in [5, 5.41) is 3.28. The lowest BCUT2D eigenvalue weighted by molar-refractivity contribution is 0.411. The van der Waals surface area contributed by atoms with Gasteiger partial charge in [-0.1, -0.05) is 12.8 Å².